The molecule has 0 radical (unpaired) electrons. The Hall–Kier alpha value is -1.71. The van der Waals surface area contributed by atoms with E-state index in [-0.39, 0.29) is 11.9 Å². The molecule has 1 unspecified atom stereocenters. The van der Waals surface area contributed by atoms with Crippen LogP contribution in [0.1, 0.15) is 23.5 Å². The average Bonchev–Trinajstić information content (AvgIpc) is 2.37. The minimum atomic E-state index is -0.190. The van der Waals surface area contributed by atoms with E-state index in [9.17, 15) is 4.79 Å². The standard InChI is InChI=1S/C13H17NO3/c1-8-6-9(16-2)7-11-10(13(15)17-3)4-5-14-12(8)11/h6-7,10,14H,4-5H2,1-3H3. The summed E-state index contributed by atoms with van der Waals surface area (Å²) in [5, 5.41) is 3.33. The van der Waals surface area contributed by atoms with Crippen molar-refractivity contribution in [3.05, 3.63) is 23.3 Å². The molecule has 17 heavy (non-hydrogen) atoms. The van der Waals surface area contributed by atoms with Crippen LogP contribution in [0.2, 0.25) is 0 Å². The minimum Gasteiger partial charge on any atom is -0.497 e. The second-order valence-electron chi connectivity index (χ2n) is 4.20. The van der Waals surface area contributed by atoms with Gasteiger partial charge in [0.2, 0.25) is 0 Å². The highest BCUT2D eigenvalue weighted by molar-refractivity contribution is 5.82. The fraction of sp³-hybridized carbons (Fsp3) is 0.462. The first-order valence-electron chi connectivity index (χ1n) is 5.67. The second-order valence-corrected chi connectivity index (χ2v) is 4.20. The lowest BCUT2D eigenvalue weighted by Gasteiger charge is -2.26. The van der Waals surface area contributed by atoms with Crippen molar-refractivity contribution in [3.8, 4) is 5.75 Å². The summed E-state index contributed by atoms with van der Waals surface area (Å²) in [5.74, 6) is 0.407. The zero-order valence-electron chi connectivity index (χ0n) is 10.4. The largest absolute Gasteiger partial charge is 0.497 e. The Morgan fingerprint density at radius 3 is 2.82 bits per heavy atom. The Morgan fingerprint density at radius 2 is 2.18 bits per heavy atom. The van der Waals surface area contributed by atoms with E-state index in [1.807, 2.05) is 19.1 Å². The second kappa shape index (κ2) is 4.65. The summed E-state index contributed by atoms with van der Waals surface area (Å²) in [6.07, 6.45) is 0.756. The van der Waals surface area contributed by atoms with Crippen LogP contribution in [0.3, 0.4) is 0 Å². The molecule has 0 aliphatic carbocycles. The van der Waals surface area contributed by atoms with Crippen LogP contribution in [0.4, 0.5) is 5.69 Å². The van der Waals surface area contributed by atoms with Gasteiger partial charge >= 0.3 is 5.97 Å². The van der Waals surface area contributed by atoms with Crippen LogP contribution in [0.5, 0.6) is 5.75 Å². The van der Waals surface area contributed by atoms with Crippen molar-refractivity contribution in [2.24, 2.45) is 0 Å². The first kappa shape index (κ1) is 11.8. The predicted molar refractivity (Wildman–Crippen MR) is 65.6 cm³/mol. The molecule has 0 spiro atoms. The predicted octanol–water partition coefficient (Wildman–Crippen LogP) is 2.08. The maximum Gasteiger partial charge on any atom is 0.313 e. The zero-order chi connectivity index (χ0) is 12.4. The summed E-state index contributed by atoms with van der Waals surface area (Å²) >= 11 is 0. The molecule has 1 aromatic rings. The maximum atomic E-state index is 11.7. The zero-order valence-corrected chi connectivity index (χ0v) is 10.4. The van der Waals surface area contributed by atoms with E-state index in [4.69, 9.17) is 9.47 Å². The molecular formula is C13H17NO3. The maximum absolute atomic E-state index is 11.7. The molecule has 0 fully saturated rings. The van der Waals surface area contributed by atoms with Crippen molar-refractivity contribution in [1.29, 1.82) is 0 Å². The smallest absolute Gasteiger partial charge is 0.313 e. The molecule has 2 rings (SSSR count). The summed E-state index contributed by atoms with van der Waals surface area (Å²) in [6, 6.07) is 3.88. The summed E-state index contributed by atoms with van der Waals surface area (Å²) in [5.41, 5.74) is 3.10. The third-order valence-corrected chi connectivity index (χ3v) is 3.17. The molecule has 1 aliphatic rings. The molecular weight excluding hydrogens is 218 g/mol. The number of hydrogen-bond donors (Lipinski definition) is 1. The molecule has 0 amide bonds. The Bertz CT molecular complexity index is 443. The topological polar surface area (TPSA) is 47.6 Å². The van der Waals surface area contributed by atoms with Crippen molar-refractivity contribution < 1.29 is 14.3 Å². The molecule has 1 aromatic carbocycles. The molecule has 1 atom stereocenters. The van der Waals surface area contributed by atoms with Crippen molar-refractivity contribution in [3.63, 3.8) is 0 Å². The molecule has 1 aliphatic heterocycles. The van der Waals surface area contributed by atoms with Gasteiger partial charge in [-0.05, 0) is 36.6 Å². The summed E-state index contributed by atoms with van der Waals surface area (Å²) in [4.78, 5) is 11.7. The van der Waals surface area contributed by atoms with Crippen LogP contribution in [-0.2, 0) is 9.53 Å². The van der Waals surface area contributed by atoms with Gasteiger partial charge in [-0.3, -0.25) is 4.79 Å². The molecule has 4 nitrogen and oxygen atoms in total. The van der Waals surface area contributed by atoms with Crippen LogP contribution in [0.15, 0.2) is 12.1 Å². The van der Waals surface area contributed by atoms with Gasteiger partial charge in [0.05, 0.1) is 20.1 Å². The van der Waals surface area contributed by atoms with Gasteiger partial charge in [-0.2, -0.15) is 0 Å². The van der Waals surface area contributed by atoms with E-state index in [0.29, 0.717) is 0 Å². The lowest BCUT2D eigenvalue weighted by Crippen LogP contribution is -2.24. The quantitative estimate of drug-likeness (QED) is 0.797. The average molecular weight is 235 g/mol. The third-order valence-electron chi connectivity index (χ3n) is 3.17. The third kappa shape index (κ3) is 2.07. The number of benzene rings is 1. The summed E-state index contributed by atoms with van der Waals surface area (Å²) in [7, 11) is 3.06. The van der Waals surface area contributed by atoms with Gasteiger partial charge in [0.25, 0.3) is 0 Å². The van der Waals surface area contributed by atoms with Gasteiger partial charge in [-0.1, -0.05) is 0 Å². The van der Waals surface area contributed by atoms with Gasteiger partial charge < -0.3 is 14.8 Å². The number of nitrogens with one attached hydrogen (secondary N) is 1. The van der Waals surface area contributed by atoms with Crippen LogP contribution < -0.4 is 10.1 Å². The van der Waals surface area contributed by atoms with Crippen LogP contribution in [-0.4, -0.2) is 26.7 Å². The van der Waals surface area contributed by atoms with E-state index in [1.165, 1.54) is 7.11 Å². The molecule has 1 heterocycles. The highest BCUT2D eigenvalue weighted by atomic mass is 16.5. The van der Waals surface area contributed by atoms with E-state index in [0.717, 1.165) is 35.5 Å². The van der Waals surface area contributed by atoms with Crippen molar-refractivity contribution in [2.45, 2.75) is 19.3 Å². The van der Waals surface area contributed by atoms with Crippen LogP contribution >= 0.6 is 0 Å². The number of aryl methyl sites for hydroxylation is 1. The molecule has 1 N–H and O–H groups in total. The molecule has 0 aromatic heterocycles. The van der Waals surface area contributed by atoms with E-state index < -0.39 is 0 Å². The fourth-order valence-corrected chi connectivity index (χ4v) is 2.30. The van der Waals surface area contributed by atoms with Gasteiger partial charge in [-0.15, -0.1) is 0 Å². The van der Waals surface area contributed by atoms with Gasteiger partial charge in [0.15, 0.2) is 0 Å². The normalized spacial score (nSPS) is 17.9. The number of methoxy groups -OCH3 is 2. The van der Waals surface area contributed by atoms with Gasteiger partial charge in [0, 0.05) is 12.2 Å². The minimum absolute atomic E-state index is 0.180. The number of anilines is 1. The SMILES string of the molecule is COC(=O)C1CCNc2c(C)cc(OC)cc21. The Labute approximate surface area is 101 Å². The van der Waals surface area contributed by atoms with Crippen LogP contribution in [0, 0.1) is 6.92 Å². The highest BCUT2D eigenvalue weighted by Gasteiger charge is 2.28. The molecule has 0 bridgehead atoms. The number of rotatable bonds is 2. The van der Waals surface area contributed by atoms with Crippen molar-refractivity contribution in [2.75, 3.05) is 26.1 Å². The lowest BCUT2D eigenvalue weighted by molar-refractivity contribution is -0.142. The highest BCUT2D eigenvalue weighted by Crippen LogP contribution is 2.37. The monoisotopic (exact) mass is 235 g/mol. The number of ether oxygens (including phenoxy) is 2. The molecule has 0 saturated carbocycles. The van der Waals surface area contributed by atoms with Crippen molar-refractivity contribution in [1.82, 2.24) is 0 Å². The van der Waals surface area contributed by atoms with E-state index >= 15 is 0 Å². The van der Waals surface area contributed by atoms with Crippen LogP contribution in [0.25, 0.3) is 0 Å². The first-order chi connectivity index (χ1) is 8.17. The van der Waals surface area contributed by atoms with E-state index in [1.54, 1.807) is 7.11 Å². The summed E-state index contributed by atoms with van der Waals surface area (Å²) < 4.78 is 10.1. The Kier molecular flexibility index (Phi) is 3.22. The number of esters is 1. The number of hydrogen-bond acceptors (Lipinski definition) is 4. The molecule has 92 valence electrons. The first-order valence-corrected chi connectivity index (χ1v) is 5.67. The van der Waals surface area contributed by atoms with Gasteiger partial charge in [0.1, 0.15) is 5.75 Å². The lowest BCUT2D eigenvalue weighted by atomic mass is 9.89. The number of carbonyl (C=O) groups excluding carboxylic acids is 1. The number of fused-ring (bicyclic) bond motifs is 1. The Balaban J connectivity index is 2.48. The van der Waals surface area contributed by atoms with E-state index in [2.05, 4.69) is 5.32 Å². The molecule has 0 saturated heterocycles. The van der Waals surface area contributed by atoms with Crippen molar-refractivity contribution >= 4 is 11.7 Å². The molecule has 4 heteroatoms. The fourth-order valence-electron chi connectivity index (χ4n) is 2.30. The Morgan fingerprint density at radius 1 is 1.41 bits per heavy atom. The summed E-state index contributed by atoms with van der Waals surface area (Å²) in [6.45, 7) is 2.80. The number of carbonyl (C=O) groups is 1. The van der Waals surface area contributed by atoms with Gasteiger partial charge in [-0.25, -0.2) is 0 Å².